The van der Waals surface area contributed by atoms with Crippen LogP contribution in [0.15, 0.2) is 28.8 Å². The SMILES string of the molecule is COc1ccc(CCC(=O)N2CCCC(CCc3noc(C4CCOCC4)n3)C2)cc1. The van der Waals surface area contributed by atoms with Gasteiger partial charge < -0.3 is 18.9 Å². The Morgan fingerprint density at radius 2 is 1.97 bits per heavy atom. The van der Waals surface area contributed by atoms with E-state index < -0.39 is 0 Å². The van der Waals surface area contributed by atoms with Crippen molar-refractivity contribution in [2.24, 2.45) is 5.92 Å². The van der Waals surface area contributed by atoms with Crippen molar-refractivity contribution in [2.45, 2.75) is 57.3 Å². The molecule has 2 aliphatic rings. The maximum atomic E-state index is 12.7. The Labute approximate surface area is 184 Å². The van der Waals surface area contributed by atoms with Gasteiger partial charge in [0, 0.05) is 45.1 Å². The number of hydrogen-bond acceptors (Lipinski definition) is 6. The molecule has 168 valence electrons. The molecule has 1 aromatic heterocycles. The zero-order valence-electron chi connectivity index (χ0n) is 18.4. The van der Waals surface area contributed by atoms with Gasteiger partial charge in [0.2, 0.25) is 11.8 Å². The number of aryl methyl sites for hydroxylation is 2. The van der Waals surface area contributed by atoms with Crippen LogP contribution in [-0.2, 0) is 22.4 Å². The largest absolute Gasteiger partial charge is 0.497 e. The summed E-state index contributed by atoms with van der Waals surface area (Å²) < 4.78 is 16.1. The predicted molar refractivity (Wildman–Crippen MR) is 116 cm³/mol. The number of methoxy groups -OCH3 is 1. The Morgan fingerprint density at radius 3 is 2.74 bits per heavy atom. The molecule has 1 aromatic carbocycles. The maximum Gasteiger partial charge on any atom is 0.229 e. The van der Waals surface area contributed by atoms with Gasteiger partial charge in [0.05, 0.1) is 7.11 Å². The molecule has 3 heterocycles. The summed E-state index contributed by atoms with van der Waals surface area (Å²) in [6.45, 7) is 3.25. The van der Waals surface area contributed by atoms with Crippen LogP contribution in [0.5, 0.6) is 5.75 Å². The fourth-order valence-electron chi connectivity index (χ4n) is 4.54. The lowest BCUT2D eigenvalue weighted by Crippen LogP contribution is -2.40. The molecule has 0 radical (unpaired) electrons. The summed E-state index contributed by atoms with van der Waals surface area (Å²) in [5.41, 5.74) is 1.17. The predicted octanol–water partition coefficient (Wildman–Crippen LogP) is 3.78. The Balaban J connectivity index is 1.21. The third kappa shape index (κ3) is 6.06. The van der Waals surface area contributed by atoms with E-state index in [0.29, 0.717) is 18.3 Å². The molecule has 7 nitrogen and oxygen atoms in total. The molecule has 4 rings (SSSR count). The topological polar surface area (TPSA) is 77.7 Å². The number of carbonyl (C=O) groups excluding carboxylic acids is 1. The van der Waals surface area contributed by atoms with Crippen LogP contribution in [0.4, 0.5) is 0 Å². The lowest BCUT2D eigenvalue weighted by molar-refractivity contribution is -0.133. The van der Waals surface area contributed by atoms with Crippen molar-refractivity contribution < 1.29 is 18.8 Å². The third-order valence-electron chi connectivity index (χ3n) is 6.49. The van der Waals surface area contributed by atoms with Crippen LogP contribution < -0.4 is 4.74 Å². The number of likely N-dealkylation sites (tertiary alicyclic amines) is 1. The van der Waals surface area contributed by atoms with Gasteiger partial charge in [-0.3, -0.25) is 4.79 Å². The van der Waals surface area contributed by atoms with Gasteiger partial charge in [0.1, 0.15) is 5.75 Å². The Bertz CT molecular complexity index is 830. The maximum absolute atomic E-state index is 12.7. The number of rotatable bonds is 8. The van der Waals surface area contributed by atoms with E-state index in [1.54, 1.807) is 7.11 Å². The highest BCUT2D eigenvalue weighted by Crippen LogP contribution is 2.26. The van der Waals surface area contributed by atoms with Crippen molar-refractivity contribution in [1.82, 2.24) is 15.0 Å². The van der Waals surface area contributed by atoms with Gasteiger partial charge in [-0.05, 0) is 62.1 Å². The van der Waals surface area contributed by atoms with E-state index in [0.717, 1.165) is 88.7 Å². The number of carbonyl (C=O) groups is 1. The molecule has 2 fully saturated rings. The number of aromatic nitrogens is 2. The fourth-order valence-corrected chi connectivity index (χ4v) is 4.54. The van der Waals surface area contributed by atoms with Crippen molar-refractivity contribution in [3.8, 4) is 5.75 Å². The van der Waals surface area contributed by atoms with E-state index in [9.17, 15) is 4.79 Å². The molecule has 31 heavy (non-hydrogen) atoms. The normalized spacial score (nSPS) is 20.0. The van der Waals surface area contributed by atoms with E-state index >= 15 is 0 Å². The fraction of sp³-hybridized carbons (Fsp3) is 0.625. The monoisotopic (exact) mass is 427 g/mol. The summed E-state index contributed by atoms with van der Waals surface area (Å²) in [7, 11) is 1.66. The minimum atomic E-state index is 0.252. The smallest absolute Gasteiger partial charge is 0.229 e. The lowest BCUT2D eigenvalue weighted by Gasteiger charge is -2.32. The summed E-state index contributed by atoms with van der Waals surface area (Å²) in [6.07, 6.45) is 7.27. The first-order valence-corrected chi connectivity index (χ1v) is 11.5. The minimum Gasteiger partial charge on any atom is -0.497 e. The van der Waals surface area contributed by atoms with Crippen molar-refractivity contribution in [2.75, 3.05) is 33.4 Å². The summed E-state index contributed by atoms with van der Waals surface area (Å²) in [5, 5.41) is 4.19. The molecule has 2 aliphatic heterocycles. The molecule has 2 aromatic rings. The highest BCUT2D eigenvalue weighted by molar-refractivity contribution is 5.76. The zero-order chi connectivity index (χ0) is 21.5. The van der Waals surface area contributed by atoms with Crippen LogP contribution >= 0.6 is 0 Å². The van der Waals surface area contributed by atoms with Crippen LogP contribution in [-0.4, -0.2) is 54.4 Å². The van der Waals surface area contributed by atoms with E-state index in [-0.39, 0.29) is 5.91 Å². The van der Waals surface area contributed by atoms with Crippen LogP contribution in [0.3, 0.4) is 0 Å². The number of nitrogens with zero attached hydrogens (tertiary/aromatic N) is 3. The molecular weight excluding hydrogens is 394 g/mol. The van der Waals surface area contributed by atoms with Crippen LogP contribution in [0, 0.1) is 5.92 Å². The molecule has 0 saturated carbocycles. The average Bonchev–Trinajstić information content (AvgIpc) is 3.31. The second kappa shape index (κ2) is 10.8. The first-order chi connectivity index (χ1) is 15.2. The van der Waals surface area contributed by atoms with Crippen LogP contribution in [0.1, 0.15) is 61.7 Å². The van der Waals surface area contributed by atoms with Crippen LogP contribution in [0.25, 0.3) is 0 Å². The van der Waals surface area contributed by atoms with Crippen molar-refractivity contribution in [3.05, 3.63) is 41.5 Å². The highest BCUT2D eigenvalue weighted by Gasteiger charge is 2.25. The number of ether oxygens (including phenoxy) is 2. The van der Waals surface area contributed by atoms with Crippen molar-refractivity contribution >= 4 is 5.91 Å². The number of benzene rings is 1. The second-order valence-corrected chi connectivity index (χ2v) is 8.67. The Morgan fingerprint density at radius 1 is 1.16 bits per heavy atom. The molecule has 0 spiro atoms. The first kappa shape index (κ1) is 21.8. The van der Waals surface area contributed by atoms with Crippen molar-refractivity contribution in [1.29, 1.82) is 0 Å². The van der Waals surface area contributed by atoms with Crippen molar-refractivity contribution in [3.63, 3.8) is 0 Å². The summed E-state index contributed by atoms with van der Waals surface area (Å²) >= 11 is 0. The molecule has 7 heteroatoms. The van der Waals surface area contributed by atoms with Gasteiger partial charge in [-0.1, -0.05) is 17.3 Å². The summed E-state index contributed by atoms with van der Waals surface area (Å²) in [6, 6.07) is 7.96. The van der Waals surface area contributed by atoms with E-state index in [1.165, 1.54) is 5.56 Å². The molecule has 1 atom stereocenters. The molecule has 0 bridgehead atoms. The summed E-state index contributed by atoms with van der Waals surface area (Å²) in [5.74, 6) is 3.49. The molecule has 1 amide bonds. The zero-order valence-corrected chi connectivity index (χ0v) is 18.4. The minimum absolute atomic E-state index is 0.252. The van der Waals surface area contributed by atoms with Gasteiger partial charge in [0.15, 0.2) is 5.82 Å². The number of hydrogen-bond donors (Lipinski definition) is 0. The second-order valence-electron chi connectivity index (χ2n) is 8.67. The molecular formula is C24H33N3O4. The van der Waals surface area contributed by atoms with E-state index in [2.05, 4.69) is 10.1 Å². The van der Waals surface area contributed by atoms with Gasteiger partial charge in [-0.2, -0.15) is 4.98 Å². The van der Waals surface area contributed by atoms with Gasteiger partial charge >= 0.3 is 0 Å². The number of amides is 1. The third-order valence-corrected chi connectivity index (χ3v) is 6.49. The molecule has 0 aliphatic carbocycles. The standard InChI is InChI=1S/C24H33N3O4/c1-29-21-8-4-18(5-9-21)7-11-23(28)27-14-2-3-19(17-27)6-10-22-25-24(31-26-22)20-12-15-30-16-13-20/h4-5,8-9,19-20H,2-3,6-7,10-17H2,1H3. The Kier molecular flexibility index (Phi) is 7.57. The highest BCUT2D eigenvalue weighted by atomic mass is 16.5. The van der Waals surface area contributed by atoms with Gasteiger partial charge in [-0.25, -0.2) is 0 Å². The van der Waals surface area contributed by atoms with Gasteiger partial charge in [0.25, 0.3) is 0 Å². The Hall–Kier alpha value is -2.41. The van der Waals surface area contributed by atoms with Gasteiger partial charge in [-0.15, -0.1) is 0 Å². The molecule has 2 saturated heterocycles. The molecule has 0 N–H and O–H groups in total. The summed E-state index contributed by atoms with van der Waals surface area (Å²) in [4.78, 5) is 19.4. The quantitative estimate of drug-likeness (QED) is 0.638. The number of piperidine rings is 1. The van der Waals surface area contributed by atoms with E-state index in [1.807, 2.05) is 29.2 Å². The molecule has 1 unspecified atom stereocenters. The van der Waals surface area contributed by atoms with Crippen LogP contribution in [0.2, 0.25) is 0 Å². The van der Waals surface area contributed by atoms with E-state index in [4.69, 9.17) is 14.0 Å². The first-order valence-electron chi connectivity index (χ1n) is 11.5. The lowest BCUT2D eigenvalue weighted by atomic mass is 9.93. The average molecular weight is 428 g/mol.